The van der Waals surface area contributed by atoms with Gasteiger partial charge in [0, 0.05) is 30.6 Å². The lowest BCUT2D eigenvalue weighted by atomic mass is 10.1. The number of carbonyl (C=O) groups is 6. The van der Waals surface area contributed by atoms with Gasteiger partial charge >= 0.3 is 5.97 Å². The molecule has 0 bridgehead atoms. The Hall–Kier alpha value is -3.82. The van der Waals surface area contributed by atoms with Crippen molar-refractivity contribution < 1.29 is 44.1 Å². The predicted molar refractivity (Wildman–Crippen MR) is 172 cm³/mol. The molecule has 266 valence electrons. The first-order valence-electron chi connectivity index (χ1n) is 15.1. The number of aromatic amines is 1. The van der Waals surface area contributed by atoms with Gasteiger partial charge in [-0.1, -0.05) is 0 Å². The molecular weight excluding hydrogens is 640 g/mol. The molecule has 0 saturated carbocycles. The third kappa shape index (κ3) is 17.1. The largest absolute Gasteiger partial charge is 0.480 e. The van der Waals surface area contributed by atoms with Crippen LogP contribution in [-0.2, 0) is 35.2 Å². The van der Waals surface area contributed by atoms with Crippen molar-refractivity contribution in [1.82, 2.24) is 41.9 Å². The van der Waals surface area contributed by atoms with E-state index < -0.39 is 85.0 Å². The monoisotopic (exact) mass is 688 g/mol. The fourth-order valence-electron chi connectivity index (χ4n) is 4.09. The molecule has 0 radical (unpaired) electrons. The van der Waals surface area contributed by atoms with E-state index >= 15 is 0 Å². The summed E-state index contributed by atoms with van der Waals surface area (Å²) < 4.78 is 0. The normalized spacial score (nSPS) is 14.9. The lowest BCUT2D eigenvalue weighted by Crippen LogP contribution is -2.58. The highest BCUT2D eigenvalue weighted by Crippen LogP contribution is 2.05. The molecule has 0 spiro atoms. The molecule has 5 amide bonds. The van der Waals surface area contributed by atoms with Crippen LogP contribution >= 0.6 is 12.6 Å². The third-order valence-electron chi connectivity index (χ3n) is 6.67. The number of carboxylic acid groups (broad SMARTS) is 1. The third-order valence-corrected chi connectivity index (χ3v) is 7.07. The molecule has 14 N–H and O–H groups in total. The number of aromatic nitrogens is 2. The second kappa shape index (κ2) is 22.7. The Kier molecular flexibility index (Phi) is 19.9. The first-order chi connectivity index (χ1) is 22.3. The first-order valence-corrected chi connectivity index (χ1v) is 15.7. The van der Waals surface area contributed by atoms with Gasteiger partial charge in [-0.15, -0.1) is 0 Å². The van der Waals surface area contributed by atoms with Crippen LogP contribution in [0.1, 0.15) is 38.3 Å². The average molecular weight is 689 g/mol. The van der Waals surface area contributed by atoms with E-state index in [0.717, 1.165) is 0 Å². The molecule has 0 aliphatic carbocycles. The Morgan fingerprint density at radius 2 is 1.64 bits per heavy atom. The summed E-state index contributed by atoms with van der Waals surface area (Å²) in [5, 5.41) is 43.7. The van der Waals surface area contributed by atoms with Gasteiger partial charge in [0.15, 0.2) is 0 Å². The maximum atomic E-state index is 13.4. The summed E-state index contributed by atoms with van der Waals surface area (Å²) in [6.45, 7) is 1.11. The Balaban J connectivity index is 2.96. The summed E-state index contributed by atoms with van der Waals surface area (Å²) in [6.07, 6.45) is 2.31. The van der Waals surface area contributed by atoms with Crippen LogP contribution in [0.4, 0.5) is 0 Å². The van der Waals surface area contributed by atoms with E-state index in [1.165, 1.54) is 19.4 Å². The number of carbonyl (C=O) groups excluding carboxylic acids is 5. The van der Waals surface area contributed by atoms with Crippen LogP contribution in [-0.4, -0.2) is 136 Å². The molecule has 6 atom stereocenters. The Labute approximate surface area is 277 Å². The number of nitrogens with two attached hydrogens (primary N) is 2. The second-order valence-electron chi connectivity index (χ2n) is 10.7. The van der Waals surface area contributed by atoms with Gasteiger partial charge in [0.1, 0.15) is 24.7 Å². The van der Waals surface area contributed by atoms with Crippen molar-refractivity contribution in [3.63, 3.8) is 0 Å². The quantitative estimate of drug-likeness (QED) is 0.0357. The number of aliphatic hydroxyl groups is 2. The number of imidazole rings is 1. The van der Waals surface area contributed by atoms with Crippen LogP contribution < -0.4 is 43.4 Å². The molecule has 0 fully saturated rings. The topological polar surface area (TPSA) is 316 Å². The zero-order valence-corrected chi connectivity index (χ0v) is 27.1. The number of rotatable bonds is 24. The van der Waals surface area contributed by atoms with E-state index in [1.807, 2.05) is 0 Å². The summed E-state index contributed by atoms with van der Waals surface area (Å²) in [5.41, 5.74) is 11.5. The highest BCUT2D eigenvalue weighted by molar-refractivity contribution is 7.80. The van der Waals surface area contributed by atoms with Crippen LogP contribution in [0.25, 0.3) is 0 Å². The summed E-state index contributed by atoms with van der Waals surface area (Å²) in [5.74, 6) is -5.23. The van der Waals surface area contributed by atoms with E-state index in [4.69, 9.17) is 16.6 Å². The molecule has 1 heterocycles. The van der Waals surface area contributed by atoms with Crippen LogP contribution in [0, 0.1) is 0 Å². The standard InChI is InChI=1S/C27H48N10O9S/c1-15(38)23(37-24(43)18(29)13-47)27(46)32-11-21(40)35-19(4-2-3-7-30-10-17(39)5-6-28)26(45)36-20(8-16-9-31-14-34-16)25(44)33-12-22(41)42/h9,14-15,17-20,23,30,38-39,47H,2-8,10-13,28-29H2,1H3,(H,31,34)(H,32,46)(H,33,44)(H,35,40)(H,36,45)(H,37,43)(H,41,42)/t15-,17+,18+,19-,20+,23+/m1/s1. The minimum atomic E-state index is -1.43. The van der Waals surface area contributed by atoms with Crippen LogP contribution in [0.5, 0.6) is 0 Å². The lowest BCUT2D eigenvalue weighted by molar-refractivity contribution is -0.138. The lowest BCUT2D eigenvalue weighted by Gasteiger charge is -2.24. The molecule has 0 aliphatic rings. The number of aliphatic hydroxyl groups excluding tert-OH is 2. The van der Waals surface area contributed by atoms with Gasteiger partial charge in [0.05, 0.1) is 31.1 Å². The maximum absolute atomic E-state index is 13.4. The molecule has 0 unspecified atom stereocenters. The van der Waals surface area contributed by atoms with E-state index in [9.17, 15) is 39.0 Å². The van der Waals surface area contributed by atoms with Gasteiger partial charge < -0.3 is 63.7 Å². The smallest absolute Gasteiger partial charge is 0.322 e. The Morgan fingerprint density at radius 3 is 2.23 bits per heavy atom. The number of nitrogens with zero attached hydrogens (tertiary/aromatic N) is 1. The highest BCUT2D eigenvalue weighted by atomic mass is 32.1. The highest BCUT2D eigenvalue weighted by Gasteiger charge is 2.30. The fourth-order valence-corrected chi connectivity index (χ4v) is 4.25. The van der Waals surface area contributed by atoms with E-state index in [-0.39, 0.29) is 18.6 Å². The van der Waals surface area contributed by atoms with Crippen molar-refractivity contribution in [1.29, 1.82) is 0 Å². The zero-order chi connectivity index (χ0) is 35.4. The zero-order valence-electron chi connectivity index (χ0n) is 26.2. The predicted octanol–water partition coefficient (Wildman–Crippen LogP) is -5.17. The molecule has 19 nitrogen and oxygen atoms in total. The minimum Gasteiger partial charge on any atom is -0.480 e. The van der Waals surface area contributed by atoms with E-state index in [2.05, 4.69) is 54.5 Å². The van der Waals surface area contributed by atoms with Crippen molar-refractivity contribution >= 4 is 48.1 Å². The SMILES string of the molecule is C[C@@H](O)[C@H](NC(=O)[C@@H](N)CS)C(=O)NCC(=O)N[C@H](CCCCNC[C@@H](O)CCN)C(=O)N[C@@H](Cc1cnc[nH]1)C(=O)NCC(=O)O. The van der Waals surface area contributed by atoms with Crippen molar-refractivity contribution in [3.8, 4) is 0 Å². The fraction of sp³-hybridized carbons (Fsp3) is 0.667. The number of carboxylic acids is 1. The summed E-state index contributed by atoms with van der Waals surface area (Å²) in [7, 11) is 0. The molecule has 20 heteroatoms. The van der Waals surface area contributed by atoms with Gasteiger partial charge in [-0.2, -0.15) is 12.6 Å². The first kappa shape index (κ1) is 41.2. The summed E-state index contributed by atoms with van der Waals surface area (Å²) in [4.78, 5) is 81.5. The van der Waals surface area contributed by atoms with Crippen LogP contribution in [0.2, 0.25) is 0 Å². The molecule has 0 aliphatic heterocycles. The number of amides is 5. The molecule has 1 aromatic rings. The molecule has 47 heavy (non-hydrogen) atoms. The molecule has 0 aromatic carbocycles. The minimum absolute atomic E-state index is 0.0118. The number of aliphatic carboxylic acids is 1. The molecule has 1 aromatic heterocycles. The number of thiol groups is 1. The Bertz CT molecular complexity index is 1140. The van der Waals surface area contributed by atoms with Crippen LogP contribution in [0.15, 0.2) is 12.5 Å². The van der Waals surface area contributed by atoms with Gasteiger partial charge in [-0.05, 0) is 45.7 Å². The van der Waals surface area contributed by atoms with Gasteiger partial charge in [-0.3, -0.25) is 28.8 Å². The number of unbranched alkanes of at least 4 members (excludes halogenated alkanes) is 1. The number of hydrogen-bond donors (Lipinski definition) is 13. The van der Waals surface area contributed by atoms with Crippen molar-refractivity contribution in [3.05, 3.63) is 18.2 Å². The molecular formula is C27H48N10O9S. The van der Waals surface area contributed by atoms with Gasteiger partial charge in [-0.25, -0.2) is 4.98 Å². The number of nitrogens with one attached hydrogen (secondary N) is 7. The maximum Gasteiger partial charge on any atom is 0.322 e. The van der Waals surface area contributed by atoms with E-state index in [1.54, 1.807) is 0 Å². The summed E-state index contributed by atoms with van der Waals surface area (Å²) >= 11 is 3.92. The van der Waals surface area contributed by atoms with Gasteiger partial charge in [0.2, 0.25) is 29.5 Å². The van der Waals surface area contributed by atoms with Crippen molar-refractivity contribution in [2.45, 2.75) is 75.4 Å². The molecule has 1 rings (SSSR count). The molecule has 0 saturated heterocycles. The van der Waals surface area contributed by atoms with Crippen molar-refractivity contribution in [2.24, 2.45) is 11.5 Å². The Morgan fingerprint density at radius 1 is 0.936 bits per heavy atom. The number of hydrogen-bond acceptors (Lipinski definition) is 13. The summed E-state index contributed by atoms with van der Waals surface area (Å²) in [6, 6.07) is -4.88. The number of H-pyrrole nitrogens is 1. The van der Waals surface area contributed by atoms with Gasteiger partial charge in [0.25, 0.3) is 0 Å². The average Bonchev–Trinajstić information content (AvgIpc) is 3.54. The second-order valence-corrected chi connectivity index (χ2v) is 11.1. The van der Waals surface area contributed by atoms with Crippen LogP contribution in [0.3, 0.4) is 0 Å². The van der Waals surface area contributed by atoms with E-state index in [0.29, 0.717) is 44.6 Å². The van der Waals surface area contributed by atoms with Crippen molar-refractivity contribution in [2.75, 3.05) is 38.5 Å².